The van der Waals surface area contributed by atoms with Crippen molar-refractivity contribution in [2.24, 2.45) is 11.8 Å². The zero-order chi connectivity index (χ0) is 26.6. The van der Waals surface area contributed by atoms with E-state index in [1.165, 1.54) is 28.6 Å². The van der Waals surface area contributed by atoms with Crippen molar-refractivity contribution < 1.29 is 32.3 Å². The molecule has 1 N–H and O–H groups in total. The van der Waals surface area contributed by atoms with E-state index in [0.29, 0.717) is 18.7 Å². The van der Waals surface area contributed by atoms with E-state index in [-0.39, 0.29) is 51.0 Å². The fourth-order valence-corrected chi connectivity index (χ4v) is 7.11. The zero-order valence-electron chi connectivity index (χ0n) is 21.1. The molecule has 1 amide bonds. The summed E-state index contributed by atoms with van der Waals surface area (Å²) in [5, 5.41) is 2.83. The number of nitrogens with zero attached hydrogens (tertiary/aromatic N) is 1. The van der Waals surface area contributed by atoms with Gasteiger partial charge in [-0.05, 0) is 68.9 Å². The molecular formula is C25H32N2O7S2. The molecule has 0 radical (unpaired) electrons. The summed E-state index contributed by atoms with van der Waals surface area (Å²) in [5.41, 5.74) is 0.650. The Kier molecular flexibility index (Phi) is 8.91. The van der Waals surface area contributed by atoms with E-state index in [0.717, 1.165) is 17.8 Å². The van der Waals surface area contributed by atoms with Crippen LogP contribution in [-0.2, 0) is 19.5 Å². The fourth-order valence-electron chi connectivity index (χ4n) is 4.35. The second-order valence-corrected chi connectivity index (χ2v) is 11.9. The van der Waals surface area contributed by atoms with Crippen LogP contribution < -0.4 is 5.32 Å². The van der Waals surface area contributed by atoms with Crippen LogP contribution in [0, 0.1) is 18.8 Å². The Bertz CT molecular complexity index is 1230. The lowest BCUT2D eigenvalue weighted by Crippen LogP contribution is -2.42. The second-order valence-electron chi connectivity index (χ2n) is 8.95. The Morgan fingerprint density at radius 1 is 1.00 bits per heavy atom. The van der Waals surface area contributed by atoms with Crippen molar-refractivity contribution in [3.63, 3.8) is 0 Å². The van der Waals surface area contributed by atoms with E-state index in [1.807, 2.05) is 13.8 Å². The summed E-state index contributed by atoms with van der Waals surface area (Å²) in [4.78, 5) is 38.2. The largest absolute Gasteiger partial charge is 0.462 e. The third-order valence-electron chi connectivity index (χ3n) is 5.90. The quantitative estimate of drug-likeness (QED) is 0.499. The number of sulfonamides is 1. The van der Waals surface area contributed by atoms with Crippen molar-refractivity contribution in [1.82, 2.24) is 4.31 Å². The van der Waals surface area contributed by atoms with Crippen molar-refractivity contribution in [2.75, 3.05) is 31.6 Å². The molecule has 0 aliphatic carbocycles. The molecule has 0 spiro atoms. The van der Waals surface area contributed by atoms with Crippen LogP contribution in [0.2, 0.25) is 0 Å². The fraction of sp³-hybridized carbons (Fsp3) is 0.480. The first kappa shape index (κ1) is 27.8. The first-order chi connectivity index (χ1) is 17.0. The summed E-state index contributed by atoms with van der Waals surface area (Å²) < 4.78 is 37.9. The molecule has 196 valence electrons. The van der Waals surface area contributed by atoms with Crippen molar-refractivity contribution in [3.8, 4) is 0 Å². The Labute approximate surface area is 215 Å². The number of benzene rings is 1. The van der Waals surface area contributed by atoms with E-state index in [1.54, 1.807) is 20.8 Å². The molecule has 2 heterocycles. The number of esters is 2. The molecule has 1 aromatic carbocycles. The number of rotatable bonds is 8. The van der Waals surface area contributed by atoms with E-state index in [2.05, 4.69) is 5.32 Å². The molecule has 36 heavy (non-hydrogen) atoms. The van der Waals surface area contributed by atoms with Crippen molar-refractivity contribution in [3.05, 3.63) is 45.8 Å². The molecule has 1 saturated heterocycles. The van der Waals surface area contributed by atoms with Gasteiger partial charge in [0.15, 0.2) is 0 Å². The molecule has 2 unspecified atom stereocenters. The molecule has 3 rings (SSSR count). The van der Waals surface area contributed by atoms with Crippen LogP contribution in [0.5, 0.6) is 0 Å². The van der Waals surface area contributed by atoms with Crippen LogP contribution in [0.15, 0.2) is 29.2 Å². The summed E-state index contributed by atoms with van der Waals surface area (Å²) >= 11 is 0.928. The van der Waals surface area contributed by atoms with Gasteiger partial charge in [0.2, 0.25) is 10.0 Å². The minimum Gasteiger partial charge on any atom is -0.462 e. The van der Waals surface area contributed by atoms with Crippen LogP contribution in [0.4, 0.5) is 5.00 Å². The molecule has 11 heteroatoms. The highest BCUT2D eigenvalue weighted by molar-refractivity contribution is 7.89. The average Bonchev–Trinajstić information content (AvgIpc) is 3.14. The van der Waals surface area contributed by atoms with Crippen molar-refractivity contribution in [2.45, 2.75) is 45.9 Å². The Morgan fingerprint density at radius 3 is 2.11 bits per heavy atom. The van der Waals surface area contributed by atoms with E-state index >= 15 is 0 Å². The Morgan fingerprint density at radius 2 is 1.56 bits per heavy atom. The molecule has 1 aliphatic heterocycles. The minimum absolute atomic E-state index is 0.0887. The minimum atomic E-state index is -3.68. The number of thiophene rings is 1. The molecule has 0 bridgehead atoms. The third-order valence-corrected chi connectivity index (χ3v) is 8.94. The number of hydrogen-bond donors (Lipinski definition) is 1. The van der Waals surface area contributed by atoms with Gasteiger partial charge in [-0.3, -0.25) is 4.79 Å². The molecule has 2 aromatic rings. The third kappa shape index (κ3) is 5.96. The van der Waals surface area contributed by atoms with E-state index < -0.39 is 27.9 Å². The monoisotopic (exact) mass is 536 g/mol. The van der Waals surface area contributed by atoms with Gasteiger partial charge in [-0.15, -0.1) is 11.3 Å². The molecule has 2 atom stereocenters. The standard InChI is InChI=1S/C25H32N2O7S2/c1-6-33-24(29)20-17(5)21(25(30)34-7-2)35-23(20)26-22(28)18-8-10-19(11-9-18)36(31,32)27-13-15(3)12-16(4)14-27/h8-11,15-16H,6-7,12-14H2,1-5H3,(H,26,28). The molecule has 0 saturated carbocycles. The van der Waals surface area contributed by atoms with E-state index in [9.17, 15) is 22.8 Å². The maximum absolute atomic E-state index is 13.1. The van der Waals surface area contributed by atoms with Crippen LogP contribution >= 0.6 is 11.3 Å². The summed E-state index contributed by atoms with van der Waals surface area (Å²) in [6, 6.07) is 5.67. The summed E-state index contributed by atoms with van der Waals surface area (Å²) in [7, 11) is -3.68. The van der Waals surface area contributed by atoms with Crippen molar-refractivity contribution >= 4 is 44.2 Å². The highest BCUT2D eigenvalue weighted by Gasteiger charge is 2.32. The second kappa shape index (κ2) is 11.5. The summed E-state index contributed by atoms with van der Waals surface area (Å²) in [6.07, 6.45) is 0.985. The number of amides is 1. The van der Waals surface area contributed by atoms with Gasteiger partial charge < -0.3 is 14.8 Å². The molecule has 9 nitrogen and oxygen atoms in total. The Balaban J connectivity index is 1.85. The van der Waals surface area contributed by atoms with Gasteiger partial charge in [-0.1, -0.05) is 13.8 Å². The zero-order valence-corrected chi connectivity index (χ0v) is 22.8. The first-order valence-corrected chi connectivity index (χ1v) is 14.1. The van der Waals surface area contributed by atoms with Crippen LogP contribution in [-0.4, -0.2) is 56.9 Å². The number of carbonyl (C=O) groups excluding carboxylic acids is 3. The number of carbonyl (C=O) groups is 3. The lowest BCUT2D eigenvalue weighted by atomic mass is 9.94. The number of nitrogens with one attached hydrogen (secondary N) is 1. The number of ether oxygens (including phenoxy) is 2. The van der Waals surface area contributed by atoms with Crippen molar-refractivity contribution in [1.29, 1.82) is 0 Å². The van der Waals surface area contributed by atoms with Gasteiger partial charge in [0.05, 0.1) is 23.7 Å². The highest BCUT2D eigenvalue weighted by Crippen LogP contribution is 2.35. The number of piperidine rings is 1. The molecule has 1 aromatic heterocycles. The molecule has 1 aliphatic rings. The van der Waals surface area contributed by atoms with Gasteiger partial charge in [-0.25, -0.2) is 18.0 Å². The van der Waals surface area contributed by atoms with Crippen LogP contribution in [0.25, 0.3) is 0 Å². The van der Waals surface area contributed by atoms with Gasteiger partial charge in [-0.2, -0.15) is 4.31 Å². The number of anilines is 1. The molecule has 1 fully saturated rings. The predicted octanol–water partition coefficient (Wildman–Crippen LogP) is 4.33. The smallest absolute Gasteiger partial charge is 0.348 e. The van der Waals surface area contributed by atoms with E-state index in [4.69, 9.17) is 9.47 Å². The Hall–Kier alpha value is -2.76. The normalized spacial score (nSPS) is 18.5. The van der Waals surface area contributed by atoms with Crippen LogP contribution in [0.3, 0.4) is 0 Å². The maximum atomic E-state index is 13.1. The topological polar surface area (TPSA) is 119 Å². The highest BCUT2D eigenvalue weighted by atomic mass is 32.2. The lowest BCUT2D eigenvalue weighted by molar-refractivity contribution is 0.0527. The van der Waals surface area contributed by atoms with Crippen LogP contribution in [0.1, 0.15) is 70.1 Å². The SMILES string of the molecule is CCOC(=O)c1sc(NC(=O)c2ccc(S(=O)(=O)N3CC(C)CC(C)C3)cc2)c(C(=O)OCC)c1C. The summed E-state index contributed by atoms with van der Waals surface area (Å²) in [5.74, 6) is -1.27. The first-order valence-electron chi connectivity index (χ1n) is 11.9. The van der Waals surface area contributed by atoms with Gasteiger partial charge in [0.25, 0.3) is 5.91 Å². The van der Waals surface area contributed by atoms with Gasteiger partial charge in [0, 0.05) is 18.7 Å². The van der Waals surface area contributed by atoms with Gasteiger partial charge >= 0.3 is 11.9 Å². The lowest BCUT2D eigenvalue weighted by Gasteiger charge is -2.34. The molecular weight excluding hydrogens is 504 g/mol. The predicted molar refractivity (Wildman–Crippen MR) is 137 cm³/mol. The average molecular weight is 537 g/mol. The summed E-state index contributed by atoms with van der Waals surface area (Å²) in [6.45, 7) is 10.2. The maximum Gasteiger partial charge on any atom is 0.348 e. The van der Waals surface area contributed by atoms with Gasteiger partial charge in [0.1, 0.15) is 9.88 Å². The number of hydrogen-bond acceptors (Lipinski definition) is 8.